The number of rotatable bonds is 2. The Morgan fingerprint density at radius 3 is 2.26 bits per heavy atom. The maximum Gasteiger partial charge on any atom is 0.412 e. The first-order chi connectivity index (χ1) is 12.1. The summed E-state index contributed by atoms with van der Waals surface area (Å²) in [6.07, 6.45) is -9.71. The van der Waals surface area contributed by atoms with Crippen LogP contribution < -0.4 is 14.5 Å². The highest BCUT2D eigenvalue weighted by molar-refractivity contribution is 5.96. The topological polar surface area (TPSA) is 32.8 Å². The van der Waals surface area contributed by atoms with E-state index in [4.69, 9.17) is 4.74 Å². The lowest BCUT2D eigenvalue weighted by Gasteiger charge is -2.40. The van der Waals surface area contributed by atoms with Crippen molar-refractivity contribution >= 4 is 17.3 Å². The van der Waals surface area contributed by atoms with Gasteiger partial charge in [-0.25, -0.2) is 0 Å². The van der Waals surface area contributed by atoms with Crippen LogP contribution in [0.25, 0.3) is 0 Å². The van der Waals surface area contributed by atoms with Crippen molar-refractivity contribution in [1.29, 1.82) is 0 Å². The number of hydrogen-bond donors (Lipinski definition) is 0. The van der Waals surface area contributed by atoms with E-state index in [9.17, 15) is 31.1 Å². The van der Waals surface area contributed by atoms with Crippen molar-refractivity contribution in [3.63, 3.8) is 0 Å². The first kappa shape index (κ1) is 21.2. The average Bonchev–Trinajstić information content (AvgIpc) is 2.49. The van der Waals surface area contributed by atoms with Gasteiger partial charge in [0.15, 0.2) is 6.04 Å². The second-order valence-electron chi connectivity index (χ2n) is 7.38. The van der Waals surface area contributed by atoms with E-state index in [2.05, 4.69) is 0 Å². The Balaban J connectivity index is 2.42. The summed E-state index contributed by atoms with van der Waals surface area (Å²) in [5.41, 5.74) is -0.720. The Bertz CT molecular complexity index is 709. The van der Waals surface area contributed by atoms with Gasteiger partial charge in [0.05, 0.1) is 5.69 Å². The van der Waals surface area contributed by atoms with Crippen molar-refractivity contribution in [2.45, 2.75) is 39.2 Å². The molecule has 4 nitrogen and oxygen atoms in total. The number of anilines is 2. The Morgan fingerprint density at radius 2 is 1.78 bits per heavy atom. The third-order valence-electron chi connectivity index (χ3n) is 4.09. The largest absolute Gasteiger partial charge is 0.489 e. The number of nitrogens with zero attached hydrogens (tertiary/aromatic N) is 2. The molecule has 0 saturated carbocycles. The molecule has 1 aromatic carbocycles. The first-order valence-electron chi connectivity index (χ1n) is 8.06. The van der Waals surface area contributed by atoms with Crippen molar-refractivity contribution in [1.82, 2.24) is 0 Å². The van der Waals surface area contributed by atoms with Crippen molar-refractivity contribution < 1.29 is 35.9 Å². The number of alkyl halides is 6. The van der Waals surface area contributed by atoms with Crippen LogP contribution in [0.2, 0.25) is 0 Å². The summed E-state index contributed by atoms with van der Waals surface area (Å²) >= 11 is 0. The molecule has 27 heavy (non-hydrogen) atoms. The Morgan fingerprint density at radius 1 is 1.19 bits per heavy atom. The summed E-state index contributed by atoms with van der Waals surface area (Å²) < 4.78 is 83.1. The van der Waals surface area contributed by atoms with Gasteiger partial charge in [-0.1, -0.05) is 20.8 Å². The van der Waals surface area contributed by atoms with Gasteiger partial charge in [0.25, 0.3) is 0 Å². The minimum absolute atomic E-state index is 0.134. The molecule has 0 bridgehead atoms. The molecule has 0 saturated heterocycles. The van der Waals surface area contributed by atoms with Gasteiger partial charge in [-0.15, -0.1) is 0 Å². The molecule has 1 heterocycles. The zero-order valence-corrected chi connectivity index (χ0v) is 15.2. The number of carbonyl (C=O) groups excluding carboxylic acids is 1. The molecule has 0 fully saturated rings. The summed E-state index contributed by atoms with van der Waals surface area (Å²) in [5, 5.41) is 0. The fourth-order valence-electron chi connectivity index (χ4n) is 2.77. The summed E-state index contributed by atoms with van der Waals surface area (Å²) in [5.74, 6) is -0.399. The second kappa shape index (κ2) is 6.79. The lowest BCUT2D eigenvalue weighted by molar-refractivity contribution is -0.166. The lowest BCUT2D eigenvalue weighted by Crippen LogP contribution is -2.54. The van der Waals surface area contributed by atoms with Crippen molar-refractivity contribution in [3.05, 3.63) is 18.2 Å². The molecule has 10 heteroatoms. The molecule has 1 aromatic rings. The summed E-state index contributed by atoms with van der Waals surface area (Å²) in [6, 6.07) is 1.27. The predicted molar refractivity (Wildman–Crippen MR) is 88.0 cm³/mol. The van der Waals surface area contributed by atoms with E-state index >= 15 is 0 Å². The number of carbonyl (C=O) groups is 1. The third-order valence-corrected chi connectivity index (χ3v) is 4.09. The van der Waals surface area contributed by atoms with Gasteiger partial charge in [0, 0.05) is 24.2 Å². The fourth-order valence-corrected chi connectivity index (χ4v) is 2.77. The predicted octanol–water partition coefficient (Wildman–Crippen LogP) is 4.39. The van der Waals surface area contributed by atoms with Crippen LogP contribution >= 0.6 is 0 Å². The quantitative estimate of drug-likeness (QED) is 0.693. The smallest absolute Gasteiger partial charge is 0.412 e. The van der Waals surface area contributed by atoms with E-state index in [0.717, 1.165) is 6.07 Å². The monoisotopic (exact) mass is 398 g/mol. The number of halogens is 6. The van der Waals surface area contributed by atoms with E-state index in [1.165, 1.54) is 24.1 Å². The van der Waals surface area contributed by atoms with Crippen LogP contribution in [0.4, 0.5) is 37.7 Å². The number of benzene rings is 1. The minimum Gasteiger partial charge on any atom is -0.489 e. The highest BCUT2D eigenvalue weighted by atomic mass is 19.4. The maximum atomic E-state index is 13.2. The molecule has 0 N–H and O–H groups in total. The minimum atomic E-state index is -4.89. The van der Waals surface area contributed by atoms with Gasteiger partial charge >= 0.3 is 12.4 Å². The standard InChI is InChI=1S/C17H20F6N2O2/c1-15(2,3)14(26)24(4)10-5-6-11-12(7-10)27-8-13(17(21,22)23)25(11)9-16(18,19)20/h5-7,13H,8-9H2,1-4H3. The van der Waals surface area contributed by atoms with E-state index in [1.54, 1.807) is 20.8 Å². The summed E-state index contributed by atoms with van der Waals surface area (Å²) in [6.45, 7) is 2.36. The molecule has 1 aliphatic heterocycles. The molecular weight excluding hydrogens is 378 g/mol. The first-order valence-corrected chi connectivity index (χ1v) is 8.06. The Hall–Kier alpha value is -2.13. The summed E-state index contributed by atoms with van der Waals surface area (Å²) in [4.78, 5) is 13.9. The van der Waals surface area contributed by atoms with Crippen LogP contribution in [-0.2, 0) is 4.79 Å². The number of hydrogen-bond acceptors (Lipinski definition) is 3. The van der Waals surface area contributed by atoms with Gasteiger partial charge in [-0.2, -0.15) is 26.3 Å². The van der Waals surface area contributed by atoms with Gasteiger partial charge in [-0.3, -0.25) is 4.79 Å². The third kappa shape index (κ3) is 4.78. The second-order valence-corrected chi connectivity index (χ2v) is 7.38. The molecule has 2 rings (SSSR count). The van der Waals surface area contributed by atoms with Gasteiger partial charge in [0.2, 0.25) is 5.91 Å². The lowest BCUT2D eigenvalue weighted by atomic mass is 9.94. The molecule has 1 amide bonds. The number of ether oxygens (including phenoxy) is 1. The molecule has 1 aliphatic rings. The van der Waals surface area contributed by atoms with Crippen molar-refractivity contribution in [2.75, 3.05) is 30.0 Å². The molecule has 1 unspecified atom stereocenters. The SMILES string of the molecule is CN(C(=O)C(C)(C)C)c1ccc2c(c1)OCC(C(F)(F)F)N2CC(F)(F)F. The van der Waals surface area contributed by atoms with E-state index in [-0.39, 0.29) is 22.2 Å². The highest BCUT2D eigenvalue weighted by Crippen LogP contribution is 2.42. The van der Waals surface area contributed by atoms with Crippen LogP contribution in [0.5, 0.6) is 5.75 Å². The van der Waals surface area contributed by atoms with Gasteiger partial charge in [0.1, 0.15) is 18.9 Å². The maximum absolute atomic E-state index is 13.2. The average molecular weight is 398 g/mol. The zero-order chi connectivity index (χ0) is 20.8. The molecule has 0 spiro atoms. The highest BCUT2D eigenvalue weighted by Gasteiger charge is 2.50. The van der Waals surface area contributed by atoms with Crippen LogP contribution in [0.3, 0.4) is 0 Å². The fraction of sp³-hybridized carbons (Fsp3) is 0.588. The normalized spacial score (nSPS) is 18.0. The van der Waals surface area contributed by atoms with Gasteiger partial charge in [-0.05, 0) is 12.1 Å². The van der Waals surface area contributed by atoms with Crippen molar-refractivity contribution in [2.24, 2.45) is 5.41 Å². The van der Waals surface area contributed by atoms with Crippen molar-refractivity contribution in [3.8, 4) is 5.75 Å². The molecule has 0 aromatic heterocycles. The zero-order valence-electron chi connectivity index (χ0n) is 15.2. The van der Waals surface area contributed by atoms with E-state index < -0.39 is 37.0 Å². The van der Waals surface area contributed by atoms with Crippen LogP contribution in [0, 0.1) is 5.41 Å². The molecule has 0 radical (unpaired) electrons. The Kier molecular flexibility index (Phi) is 5.33. The molecule has 0 aliphatic carbocycles. The molecular formula is C17H20F6N2O2. The van der Waals surface area contributed by atoms with Crippen LogP contribution in [0.15, 0.2) is 18.2 Å². The molecule has 152 valence electrons. The van der Waals surface area contributed by atoms with E-state index in [1.807, 2.05) is 0 Å². The van der Waals surface area contributed by atoms with E-state index in [0.29, 0.717) is 5.69 Å². The number of amides is 1. The van der Waals surface area contributed by atoms with Gasteiger partial charge < -0.3 is 14.5 Å². The number of fused-ring (bicyclic) bond motifs is 1. The van der Waals surface area contributed by atoms with Crippen LogP contribution in [-0.4, -0.2) is 44.5 Å². The molecule has 1 atom stereocenters. The van der Waals surface area contributed by atoms with Crippen LogP contribution in [0.1, 0.15) is 20.8 Å². The Labute approximate surface area is 152 Å². The summed E-state index contributed by atoms with van der Waals surface area (Å²) in [7, 11) is 1.48.